The summed E-state index contributed by atoms with van der Waals surface area (Å²) in [4.78, 5) is 23.6. The van der Waals surface area contributed by atoms with E-state index in [0.717, 1.165) is 36.6 Å². The second kappa shape index (κ2) is 5.93. The van der Waals surface area contributed by atoms with Crippen LogP contribution in [0.15, 0.2) is 24.3 Å². The highest BCUT2D eigenvalue weighted by molar-refractivity contribution is 5.99. The summed E-state index contributed by atoms with van der Waals surface area (Å²) in [6.07, 6.45) is 2.82. The first-order valence-electron chi connectivity index (χ1n) is 8.91. The number of aliphatic carboxylic acids is 1. The smallest absolute Gasteiger partial charge is 0.307 e. The third-order valence-corrected chi connectivity index (χ3v) is 5.65. The number of hydrogen-bond donors (Lipinski definition) is 2. The van der Waals surface area contributed by atoms with Crippen LogP contribution >= 0.6 is 0 Å². The number of carboxylic acids is 1. The molecule has 0 saturated heterocycles. The Morgan fingerprint density at radius 1 is 1.23 bits per heavy atom. The van der Waals surface area contributed by atoms with E-state index in [-0.39, 0.29) is 5.91 Å². The van der Waals surface area contributed by atoms with Crippen molar-refractivity contribution in [3.63, 3.8) is 0 Å². The first-order chi connectivity index (χ1) is 12.4. The normalized spacial score (nSPS) is 22.7. The molecule has 2 atom stereocenters. The highest BCUT2D eigenvalue weighted by Gasteiger charge is 2.65. The molecule has 136 valence electrons. The van der Waals surface area contributed by atoms with Gasteiger partial charge in [0.1, 0.15) is 11.6 Å². The van der Waals surface area contributed by atoms with Crippen LogP contribution in [0.2, 0.25) is 0 Å². The van der Waals surface area contributed by atoms with Gasteiger partial charge in [0.15, 0.2) is 0 Å². The maximum atomic E-state index is 12.4. The van der Waals surface area contributed by atoms with Crippen molar-refractivity contribution in [2.45, 2.75) is 39.7 Å². The van der Waals surface area contributed by atoms with Crippen LogP contribution in [-0.4, -0.2) is 31.7 Å². The molecule has 0 spiro atoms. The van der Waals surface area contributed by atoms with Crippen LogP contribution in [0, 0.1) is 17.3 Å². The van der Waals surface area contributed by atoms with Gasteiger partial charge < -0.3 is 15.0 Å². The highest BCUT2D eigenvalue weighted by atomic mass is 16.4. The molecule has 1 saturated carbocycles. The van der Waals surface area contributed by atoms with Crippen LogP contribution in [0.25, 0.3) is 0 Å². The lowest BCUT2D eigenvalue weighted by Crippen LogP contribution is -2.17. The molecule has 1 aromatic heterocycles. The third kappa shape index (κ3) is 2.77. The number of carbonyl (C=O) groups excluding carboxylic acids is 1. The Morgan fingerprint density at radius 2 is 1.96 bits per heavy atom. The molecule has 1 aliphatic carbocycles. The number of nitrogens with zero attached hydrogens (tertiary/aromatic N) is 3. The van der Waals surface area contributed by atoms with Crippen LogP contribution < -0.4 is 5.32 Å². The van der Waals surface area contributed by atoms with E-state index in [1.807, 2.05) is 38.1 Å². The van der Waals surface area contributed by atoms with Crippen molar-refractivity contribution in [2.75, 3.05) is 5.32 Å². The average Bonchev–Trinajstić information content (AvgIpc) is 2.92. The van der Waals surface area contributed by atoms with E-state index in [1.54, 1.807) is 0 Å². The van der Waals surface area contributed by atoms with Crippen molar-refractivity contribution >= 4 is 17.6 Å². The third-order valence-electron chi connectivity index (χ3n) is 5.65. The molecule has 0 radical (unpaired) electrons. The minimum absolute atomic E-state index is 0.231. The van der Waals surface area contributed by atoms with Crippen LogP contribution in [0.1, 0.15) is 37.5 Å². The summed E-state index contributed by atoms with van der Waals surface area (Å²) in [6.45, 7) is 4.61. The predicted octanol–water partition coefficient (Wildman–Crippen LogP) is 2.11. The van der Waals surface area contributed by atoms with Gasteiger partial charge in [-0.2, -0.15) is 0 Å². The van der Waals surface area contributed by atoms with Gasteiger partial charge in [0.25, 0.3) is 0 Å². The Bertz CT molecular complexity index is 869. The average molecular weight is 354 g/mol. The highest BCUT2D eigenvalue weighted by Crippen LogP contribution is 2.58. The molecule has 0 bridgehead atoms. The number of rotatable bonds is 5. The van der Waals surface area contributed by atoms with Crippen molar-refractivity contribution in [2.24, 2.45) is 17.3 Å². The molecule has 1 aromatic carbocycles. The van der Waals surface area contributed by atoms with E-state index in [2.05, 4.69) is 20.1 Å². The SMILES string of the molecule is CC1(C)[C@H](C(=O)O)[C@@H]1C(=O)Nc1ccc(Cc2nnc3n2CCC3)cc1. The molecule has 0 unspecified atom stereocenters. The zero-order valence-electron chi connectivity index (χ0n) is 14.9. The second-order valence-electron chi connectivity index (χ2n) is 7.77. The van der Waals surface area contributed by atoms with Gasteiger partial charge in [-0.15, -0.1) is 10.2 Å². The number of anilines is 1. The molecular weight excluding hydrogens is 332 g/mol. The largest absolute Gasteiger partial charge is 0.481 e. The van der Waals surface area contributed by atoms with Gasteiger partial charge in [0, 0.05) is 25.1 Å². The topological polar surface area (TPSA) is 97.1 Å². The van der Waals surface area contributed by atoms with E-state index in [1.165, 1.54) is 0 Å². The van der Waals surface area contributed by atoms with Crippen molar-refractivity contribution in [3.8, 4) is 0 Å². The van der Waals surface area contributed by atoms with E-state index in [4.69, 9.17) is 0 Å². The summed E-state index contributed by atoms with van der Waals surface area (Å²) in [6, 6.07) is 7.61. The second-order valence-corrected chi connectivity index (χ2v) is 7.77. The van der Waals surface area contributed by atoms with Crippen LogP contribution in [0.4, 0.5) is 5.69 Å². The van der Waals surface area contributed by atoms with Gasteiger partial charge in [0.05, 0.1) is 11.8 Å². The number of aromatic nitrogens is 3. The Labute approximate surface area is 151 Å². The molecule has 1 fully saturated rings. The number of hydrogen-bond acceptors (Lipinski definition) is 4. The summed E-state index contributed by atoms with van der Waals surface area (Å²) in [5, 5.41) is 20.5. The van der Waals surface area contributed by atoms with Gasteiger partial charge in [-0.25, -0.2) is 0 Å². The molecule has 4 rings (SSSR count). The molecule has 1 aliphatic heterocycles. The zero-order valence-corrected chi connectivity index (χ0v) is 14.9. The minimum Gasteiger partial charge on any atom is -0.481 e. The van der Waals surface area contributed by atoms with Crippen molar-refractivity contribution in [1.82, 2.24) is 14.8 Å². The number of fused-ring (bicyclic) bond motifs is 1. The van der Waals surface area contributed by atoms with Crippen LogP contribution in [0.5, 0.6) is 0 Å². The summed E-state index contributed by atoms with van der Waals surface area (Å²) < 4.78 is 2.18. The summed E-state index contributed by atoms with van der Waals surface area (Å²) in [7, 11) is 0. The molecule has 2 N–H and O–H groups in total. The lowest BCUT2D eigenvalue weighted by molar-refractivity contribution is -0.140. The first kappa shape index (κ1) is 16.8. The number of nitrogens with one attached hydrogen (secondary N) is 1. The number of carboxylic acid groups (broad SMARTS) is 1. The number of carbonyl (C=O) groups is 2. The Morgan fingerprint density at radius 3 is 2.62 bits per heavy atom. The summed E-state index contributed by atoms with van der Waals surface area (Å²) in [5.74, 6) is -0.214. The Balaban J connectivity index is 1.40. The molecule has 7 nitrogen and oxygen atoms in total. The Hall–Kier alpha value is -2.70. The summed E-state index contributed by atoms with van der Waals surface area (Å²) in [5.41, 5.74) is 1.28. The molecule has 2 aliphatic rings. The van der Waals surface area contributed by atoms with Crippen LogP contribution in [-0.2, 0) is 29.0 Å². The van der Waals surface area contributed by atoms with Crippen LogP contribution in [0.3, 0.4) is 0 Å². The van der Waals surface area contributed by atoms with E-state index < -0.39 is 23.2 Å². The summed E-state index contributed by atoms with van der Waals surface area (Å²) >= 11 is 0. The van der Waals surface area contributed by atoms with Gasteiger partial charge in [-0.1, -0.05) is 26.0 Å². The van der Waals surface area contributed by atoms with Gasteiger partial charge in [-0.3, -0.25) is 9.59 Å². The fourth-order valence-electron chi connectivity index (χ4n) is 4.04. The molecule has 1 amide bonds. The lowest BCUT2D eigenvalue weighted by Gasteiger charge is -2.08. The van der Waals surface area contributed by atoms with Crippen molar-refractivity contribution < 1.29 is 14.7 Å². The first-order valence-corrected chi connectivity index (χ1v) is 8.91. The molecule has 26 heavy (non-hydrogen) atoms. The van der Waals surface area contributed by atoms with Crippen molar-refractivity contribution in [1.29, 1.82) is 0 Å². The number of amides is 1. The lowest BCUT2D eigenvalue weighted by atomic mass is 10.1. The number of aryl methyl sites for hydroxylation is 1. The Kier molecular flexibility index (Phi) is 3.82. The zero-order chi connectivity index (χ0) is 18.5. The van der Waals surface area contributed by atoms with E-state index >= 15 is 0 Å². The van der Waals surface area contributed by atoms with Gasteiger partial charge in [0.2, 0.25) is 5.91 Å². The van der Waals surface area contributed by atoms with E-state index in [9.17, 15) is 14.7 Å². The van der Waals surface area contributed by atoms with Gasteiger partial charge >= 0.3 is 5.97 Å². The minimum atomic E-state index is -0.911. The van der Waals surface area contributed by atoms with E-state index in [0.29, 0.717) is 12.1 Å². The quantitative estimate of drug-likeness (QED) is 0.857. The maximum Gasteiger partial charge on any atom is 0.307 e. The standard InChI is InChI=1S/C19H22N4O3/c1-19(2)15(16(19)18(25)26)17(24)20-12-7-5-11(6-8-12)10-14-22-21-13-4-3-9-23(13)14/h5-8,15-16H,3-4,9-10H2,1-2H3,(H,20,24)(H,25,26)/t15-,16+/m1/s1. The molecule has 2 aromatic rings. The molecule has 7 heteroatoms. The van der Waals surface area contributed by atoms with Gasteiger partial charge in [-0.05, 0) is 29.5 Å². The molecular formula is C19H22N4O3. The monoisotopic (exact) mass is 354 g/mol. The predicted molar refractivity (Wildman–Crippen MR) is 94.6 cm³/mol. The van der Waals surface area contributed by atoms with Crippen molar-refractivity contribution in [3.05, 3.63) is 41.5 Å². The fourth-order valence-corrected chi connectivity index (χ4v) is 4.04. The number of benzene rings is 1. The molecule has 2 heterocycles. The fraction of sp³-hybridized carbons (Fsp3) is 0.474. The maximum absolute atomic E-state index is 12.4.